The smallest absolute Gasteiger partial charge is 0.180 e. The van der Waals surface area contributed by atoms with Crippen molar-refractivity contribution in [3.63, 3.8) is 0 Å². The summed E-state index contributed by atoms with van der Waals surface area (Å²) in [6.45, 7) is 4.99. The largest absolute Gasteiger partial charge is 0.370 e. The van der Waals surface area contributed by atoms with E-state index in [9.17, 15) is 0 Å². The molecule has 1 N–H and O–H groups in total. The van der Waals surface area contributed by atoms with Crippen LogP contribution in [0.1, 0.15) is 19.5 Å². The summed E-state index contributed by atoms with van der Waals surface area (Å²) in [6.07, 6.45) is 4.43. The van der Waals surface area contributed by atoms with Crippen LogP contribution in [-0.2, 0) is 13.5 Å². The Kier molecular flexibility index (Phi) is 3.37. The average Bonchev–Trinajstić information content (AvgIpc) is 2.75. The van der Waals surface area contributed by atoms with Gasteiger partial charge in [0.25, 0.3) is 0 Å². The first-order chi connectivity index (χ1) is 8.24. The van der Waals surface area contributed by atoms with Crippen LogP contribution < -0.4 is 5.32 Å². The number of aryl methyl sites for hydroxylation is 2. The third-order valence-corrected chi connectivity index (χ3v) is 2.55. The molecule has 2 aromatic rings. The number of hydrogen-bond acceptors (Lipinski definition) is 4. The van der Waals surface area contributed by atoms with Crippen molar-refractivity contribution in [1.29, 1.82) is 0 Å². The highest BCUT2D eigenvalue weighted by molar-refractivity contribution is 5.52. The molecule has 0 aliphatic heterocycles. The van der Waals surface area contributed by atoms with Gasteiger partial charge in [-0.05, 0) is 13.3 Å². The molecule has 0 aliphatic rings. The SMILES string of the molecule is CCNc1cc(CC)nc(-c2cncn2C)n1. The Hall–Kier alpha value is -1.91. The fourth-order valence-electron chi connectivity index (χ4n) is 1.64. The molecule has 17 heavy (non-hydrogen) atoms. The number of aromatic nitrogens is 4. The van der Waals surface area contributed by atoms with Gasteiger partial charge >= 0.3 is 0 Å². The third-order valence-electron chi connectivity index (χ3n) is 2.55. The van der Waals surface area contributed by atoms with Gasteiger partial charge in [-0.3, -0.25) is 0 Å². The minimum atomic E-state index is 0.723. The van der Waals surface area contributed by atoms with Crippen LogP contribution in [0.25, 0.3) is 11.5 Å². The Morgan fingerprint density at radius 1 is 1.29 bits per heavy atom. The maximum atomic E-state index is 4.53. The monoisotopic (exact) mass is 231 g/mol. The summed E-state index contributed by atoms with van der Waals surface area (Å²) in [5.74, 6) is 1.59. The Morgan fingerprint density at radius 3 is 2.71 bits per heavy atom. The molecule has 0 spiro atoms. The van der Waals surface area contributed by atoms with E-state index in [0.29, 0.717) is 0 Å². The standard InChI is InChI=1S/C12H17N5/c1-4-9-6-11(14-5-2)16-12(15-9)10-7-13-8-17(10)3/h6-8H,4-5H2,1-3H3,(H,14,15,16). The van der Waals surface area contributed by atoms with Crippen LogP contribution in [0, 0.1) is 0 Å². The Morgan fingerprint density at radius 2 is 2.12 bits per heavy atom. The number of anilines is 1. The van der Waals surface area contributed by atoms with Crippen molar-refractivity contribution in [2.45, 2.75) is 20.3 Å². The maximum Gasteiger partial charge on any atom is 0.180 e. The molecule has 2 aromatic heterocycles. The highest BCUT2D eigenvalue weighted by Gasteiger charge is 2.08. The first-order valence-electron chi connectivity index (χ1n) is 5.83. The summed E-state index contributed by atoms with van der Waals surface area (Å²) in [5, 5.41) is 3.22. The molecule has 90 valence electrons. The topological polar surface area (TPSA) is 55.6 Å². The van der Waals surface area contributed by atoms with Gasteiger partial charge in [0.05, 0.1) is 12.5 Å². The van der Waals surface area contributed by atoms with Gasteiger partial charge in [-0.2, -0.15) is 0 Å². The van der Waals surface area contributed by atoms with E-state index in [2.05, 4.69) is 34.1 Å². The van der Waals surface area contributed by atoms with E-state index in [1.807, 2.05) is 17.7 Å². The predicted molar refractivity (Wildman–Crippen MR) is 67.8 cm³/mol. The summed E-state index contributed by atoms with van der Waals surface area (Å²) < 4.78 is 1.92. The second-order valence-electron chi connectivity index (χ2n) is 3.84. The zero-order chi connectivity index (χ0) is 12.3. The van der Waals surface area contributed by atoms with Crippen molar-refractivity contribution >= 4 is 5.82 Å². The van der Waals surface area contributed by atoms with E-state index in [1.165, 1.54) is 0 Å². The Labute approximate surface area is 101 Å². The fourth-order valence-corrected chi connectivity index (χ4v) is 1.64. The maximum absolute atomic E-state index is 4.53. The van der Waals surface area contributed by atoms with Crippen LogP contribution >= 0.6 is 0 Å². The Balaban J connectivity index is 2.46. The van der Waals surface area contributed by atoms with Crippen molar-refractivity contribution in [3.05, 3.63) is 24.3 Å². The first-order valence-corrected chi connectivity index (χ1v) is 5.83. The van der Waals surface area contributed by atoms with Crippen molar-refractivity contribution in [2.24, 2.45) is 7.05 Å². The summed E-state index contributed by atoms with van der Waals surface area (Å²) >= 11 is 0. The molecule has 2 heterocycles. The van der Waals surface area contributed by atoms with Crippen LogP contribution in [0.2, 0.25) is 0 Å². The molecule has 0 atom stereocenters. The number of hydrogen-bond donors (Lipinski definition) is 1. The normalized spacial score (nSPS) is 10.5. The summed E-state index contributed by atoms with van der Waals surface area (Å²) in [6, 6.07) is 1.99. The summed E-state index contributed by atoms with van der Waals surface area (Å²) in [7, 11) is 1.94. The van der Waals surface area contributed by atoms with Gasteiger partial charge in [-0.1, -0.05) is 6.92 Å². The molecule has 5 heteroatoms. The second kappa shape index (κ2) is 4.95. The highest BCUT2D eigenvalue weighted by atomic mass is 15.1. The van der Waals surface area contributed by atoms with Crippen LogP contribution in [0.15, 0.2) is 18.6 Å². The number of rotatable bonds is 4. The molecule has 0 saturated carbocycles. The lowest BCUT2D eigenvalue weighted by Crippen LogP contribution is -2.05. The molecule has 0 aromatic carbocycles. The summed E-state index contributed by atoms with van der Waals surface area (Å²) in [5.41, 5.74) is 1.96. The lowest BCUT2D eigenvalue weighted by atomic mass is 10.3. The molecule has 0 fully saturated rings. The van der Waals surface area contributed by atoms with E-state index < -0.39 is 0 Å². The van der Waals surface area contributed by atoms with Crippen LogP contribution in [0.5, 0.6) is 0 Å². The molecule has 2 rings (SSSR count). The molecule has 0 radical (unpaired) electrons. The minimum Gasteiger partial charge on any atom is -0.370 e. The lowest BCUT2D eigenvalue weighted by molar-refractivity contribution is 0.899. The van der Waals surface area contributed by atoms with Crippen LogP contribution in [-0.4, -0.2) is 26.1 Å². The highest BCUT2D eigenvalue weighted by Crippen LogP contribution is 2.17. The molecular formula is C12H17N5. The molecule has 5 nitrogen and oxygen atoms in total. The molecule has 0 unspecified atom stereocenters. The predicted octanol–water partition coefficient (Wildman–Crippen LogP) is 1.87. The number of nitrogens with zero attached hydrogens (tertiary/aromatic N) is 4. The van der Waals surface area contributed by atoms with E-state index in [1.54, 1.807) is 12.5 Å². The van der Waals surface area contributed by atoms with Gasteiger partial charge in [-0.15, -0.1) is 0 Å². The van der Waals surface area contributed by atoms with Crippen LogP contribution in [0.3, 0.4) is 0 Å². The number of imidazole rings is 1. The van der Waals surface area contributed by atoms with E-state index >= 15 is 0 Å². The van der Waals surface area contributed by atoms with E-state index in [0.717, 1.165) is 36.0 Å². The van der Waals surface area contributed by atoms with Crippen LogP contribution in [0.4, 0.5) is 5.82 Å². The van der Waals surface area contributed by atoms with Crippen molar-refractivity contribution in [1.82, 2.24) is 19.5 Å². The zero-order valence-electron chi connectivity index (χ0n) is 10.4. The fraction of sp³-hybridized carbons (Fsp3) is 0.417. The van der Waals surface area contributed by atoms with Gasteiger partial charge in [0.15, 0.2) is 5.82 Å². The summed E-state index contributed by atoms with van der Waals surface area (Å²) in [4.78, 5) is 13.1. The quantitative estimate of drug-likeness (QED) is 0.872. The van der Waals surface area contributed by atoms with Gasteiger partial charge < -0.3 is 9.88 Å². The van der Waals surface area contributed by atoms with E-state index in [4.69, 9.17) is 0 Å². The Bertz CT molecular complexity index is 503. The van der Waals surface area contributed by atoms with E-state index in [-0.39, 0.29) is 0 Å². The van der Waals surface area contributed by atoms with Gasteiger partial charge in [0.1, 0.15) is 11.5 Å². The van der Waals surface area contributed by atoms with Crippen molar-refractivity contribution < 1.29 is 0 Å². The second-order valence-corrected chi connectivity index (χ2v) is 3.84. The van der Waals surface area contributed by atoms with Gasteiger partial charge in [-0.25, -0.2) is 15.0 Å². The van der Waals surface area contributed by atoms with Gasteiger partial charge in [0, 0.05) is 25.4 Å². The minimum absolute atomic E-state index is 0.723. The van der Waals surface area contributed by atoms with Gasteiger partial charge in [0.2, 0.25) is 0 Å². The zero-order valence-corrected chi connectivity index (χ0v) is 10.4. The van der Waals surface area contributed by atoms with Crippen molar-refractivity contribution in [2.75, 3.05) is 11.9 Å². The molecule has 0 amide bonds. The number of nitrogens with one attached hydrogen (secondary N) is 1. The van der Waals surface area contributed by atoms with Crippen molar-refractivity contribution in [3.8, 4) is 11.5 Å². The molecule has 0 bridgehead atoms. The lowest BCUT2D eigenvalue weighted by Gasteiger charge is -2.08. The third kappa shape index (κ3) is 2.43. The first kappa shape index (κ1) is 11.6. The molecule has 0 aliphatic carbocycles. The molecule has 0 saturated heterocycles. The average molecular weight is 231 g/mol. The molecular weight excluding hydrogens is 214 g/mol.